The Labute approximate surface area is 123 Å². The molecular weight excluding hydrogens is 297 g/mol. The molecule has 0 aliphatic heterocycles. The van der Waals surface area contributed by atoms with Crippen molar-refractivity contribution < 1.29 is 28.4 Å². The first kappa shape index (κ1) is 17.7. The van der Waals surface area contributed by atoms with E-state index in [1.807, 2.05) is 0 Å². The number of esters is 1. The minimum Gasteiger partial charge on any atom is -0.459 e. The van der Waals surface area contributed by atoms with Crippen molar-refractivity contribution in [2.75, 3.05) is 0 Å². The predicted molar refractivity (Wildman–Crippen MR) is 76.6 cm³/mol. The third-order valence-electron chi connectivity index (χ3n) is 2.31. The molecule has 8 heteroatoms. The number of carbonyl (C=O) groups is 1. The molecule has 21 heavy (non-hydrogen) atoms. The topological polar surface area (TPSA) is 119 Å². The molecular formula is C13H20NO6P. The van der Waals surface area contributed by atoms with Crippen LogP contribution in [0.25, 0.3) is 0 Å². The lowest BCUT2D eigenvalue weighted by atomic mass is 10.1. The van der Waals surface area contributed by atoms with Crippen LogP contribution in [-0.4, -0.2) is 27.4 Å². The van der Waals surface area contributed by atoms with E-state index in [1.54, 1.807) is 32.9 Å². The molecule has 1 aromatic carbocycles. The maximum atomic E-state index is 11.7. The van der Waals surface area contributed by atoms with Crippen LogP contribution in [0, 0.1) is 0 Å². The molecule has 1 aromatic rings. The van der Waals surface area contributed by atoms with Crippen molar-refractivity contribution in [2.24, 2.45) is 5.73 Å². The Kier molecular flexibility index (Phi) is 5.53. The first-order valence-electron chi connectivity index (χ1n) is 6.29. The van der Waals surface area contributed by atoms with E-state index in [0.29, 0.717) is 0 Å². The fourth-order valence-electron chi connectivity index (χ4n) is 1.54. The van der Waals surface area contributed by atoms with Crippen LogP contribution in [0.5, 0.6) is 5.75 Å². The van der Waals surface area contributed by atoms with Crippen molar-refractivity contribution in [3.8, 4) is 5.75 Å². The van der Waals surface area contributed by atoms with E-state index < -0.39 is 25.4 Å². The van der Waals surface area contributed by atoms with Crippen LogP contribution in [-0.2, 0) is 20.5 Å². The van der Waals surface area contributed by atoms with E-state index >= 15 is 0 Å². The van der Waals surface area contributed by atoms with Gasteiger partial charge < -0.3 is 15.0 Å². The van der Waals surface area contributed by atoms with Gasteiger partial charge in [0, 0.05) is 0 Å². The van der Waals surface area contributed by atoms with Gasteiger partial charge in [0.15, 0.2) is 0 Å². The van der Waals surface area contributed by atoms with E-state index in [0.717, 1.165) is 5.56 Å². The van der Waals surface area contributed by atoms with E-state index in [-0.39, 0.29) is 12.2 Å². The van der Waals surface area contributed by atoms with Gasteiger partial charge in [-0.05, 0) is 44.9 Å². The van der Waals surface area contributed by atoms with Crippen LogP contribution in [0.15, 0.2) is 24.3 Å². The van der Waals surface area contributed by atoms with Gasteiger partial charge in [-0.3, -0.25) is 14.6 Å². The minimum absolute atomic E-state index is 0.0397. The predicted octanol–water partition coefficient (Wildman–Crippen LogP) is 1.37. The van der Waals surface area contributed by atoms with Gasteiger partial charge in [0.1, 0.15) is 17.4 Å². The molecule has 0 fully saturated rings. The molecule has 1 atom stereocenters. The standard InChI is InChI=1S/C13H20NO6P/c1-13(2,3)19-12(15)11(14)8-9-4-6-10(7-5-9)20-21(16,17)18/h4-7,11H,8,14H2,1-3H3,(H2,16,17,18)/t11-/m0/s1. The number of benzene rings is 1. The van der Waals surface area contributed by atoms with Crippen molar-refractivity contribution in [1.29, 1.82) is 0 Å². The number of hydrogen-bond donors (Lipinski definition) is 3. The second kappa shape index (κ2) is 6.58. The number of phosphoric acid groups is 1. The lowest BCUT2D eigenvalue weighted by Crippen LogP contribution is -2.38. The Balaban J connectivity index is 2.63. The highest BCUT2D eigenvalue weighted by Crippen LogP contribution is 2.37. The van der Waals surface area contributed by atoms with Gasteiger partial charge in [0.05, 0.1) is 0 Å². The van der Waals surface area contributed by atoms with Crippen molar-refractivity contribution >= 4 is 13.8 Å². The molecule has 0 bridgehead atoms. The molecule has 0 aliphatic rings. The number of rotatable bonds is 5. The lowest BCUT2D eigenvalue weighted by Gasteiger charge is -2.22. The number of phosphoric ester groups is 1. The van der Waals surface area contributed by atoms with Crippen LogP contribution >= 0.6 is 7.82 Å². The molecule has 7 nitrogen and oxygen atoms in total. The SMILES string of the molecule is CC(C)(C)OC(=O)[C@@H](N)Cc1ccc(OP(=O)(O)O)cc1. The molecule has 0 spiro atoms. The summed E-state index contributed by atoms with van der Waals surface area (Å²) in [5.74, 6) is -0.462. The average molecular weight is 317 g/mol. The van der Waals surface area contributed by atoms with Gasteiger partial charge in [-0.2, -0.15) is 0 Å². The largest absolute Gasteiger partial charge is 0.524 e. The van der Waals surface area contributed by atoms with Crippen LogP contribution in [0.3, 0.4) is 0 Å². The monoisotopic (exact) mass is 317 g/mol. The summed E-state index contributed by atoms with van der Waals surface area (Å²) in [6.07, 6.45) is 0.255. The van der Waals surface area contributed by atoms with Crippen molar-refractivity contribution in [3.05, 3.63) is 29.8 Å². The normalized spacial score (nSPS) is 13.6. The van der Waals surface area contributed by atoms with E-state index in [1.165, 1.54) is 12.1 Å². The quantitative estimate of drug-likeness (QED) is 0.554. The first-order chi connectivity index (χ1) is 9.46. The van der Waals surface area contributed by atoms with Gasteiger partial charge in [0.25, 0.3) is 0 Å². The second-order valence-corrected chi connectivity index (χ2v) is 6.73. The van der Waals surface area contributed by atoms with Crippen LogP contribution in [0.2, 0.25) is 0 Å². The smallest absolute Gasteiger partial charge is 0.459 e. The third-order valence-corrected chi connectivity index (χ3v) is 2.76. The van der Waals surface area contributed by atoms with E-state index in [4.69, 9.17) is 20.3 Å². The van der Waals surface area contributed by atoms with Gasteiger partial charge in [-0.1, -0.05) is 12.1 Å². The third kappa shape index (κ3) is 7.24. The zero-order chi connectivity index (χ0) is 16.3. The summed E-state index contributed by atoms with van der Waals surface area (Å²) >= 11 is 0. The number of ether oxygens (including phenoxy) is 1. The maximum absolute atomic E-state index is 11.7. The first-order valence-corrected chi connectivity index (χ1v) is 7.82. The molecule has 0 saturated heterocycles. The fraction of sp³-hybridized carbons (Fsp3) is 0.462. The fourth-order valence-corrected chi connectivity index (χ4v) is 1.93. The van der Waals surface area contributed by atoms with Crippen molar-refractivity contribution in [3.63, 3.8) is 0 Å². The highest BCUT2D eigenvalue weighted by atomic mass is 31.2. The second-order valence-electron chi connectivity index (χ2n) is 5.57. The molecule has 0 heterocycles. The molecule has 0 unspecified atom stereocenters. The highest BCUT2D eigenvalue weighted by molar-refractivity contribution is 7.46. The van der Waals surface area contributed by atoms with E-state index in [9.17, 15) is 9.36 Å². The zero-order valence-electron chi connectivity index (χ0n) is 12.1. The van der Waals surface area contributed by atoms with E-state index in [2.05, 4.69) is 4.52 Å². The number of nitrogens with two attached hydrogens (primary N) is 1. The van der Waals surface area contributed by atoms with Gasteiger partial charge in [-0.25, -0.2) is 4.57 Å². The molecule has 0 saturated carbocycles. The molecule has 0 radical (unpaired) electrons. The summed E-state index contributed by atoms with van der Waals surface area (Å²) in [5, 5.41) is 0. The minimum atomic E-state index is -4.57. The summed E-state index contributed by atoms with van der Waals surface area (Å²) in [4.78, 5) is 29.1. The summed E-state index contributed by atoms with van der Waals surface area (Å²) in [6.45, 7) is 5.27. The Morgan fingerprint density at radius 2 is 1.81 bits per heavy atom. The van der Waals surface area contributed by atoms with Crippen LogP contribution in [0.1, 0.15) is 26.3 Å². The number of carbonyl (C=O) groups excluding carboxylic acids is 1. The Hall–Kier alpha value is -1.40. The lowest BCUT2D eigenvalue weighted by molar-refractivity contribution is -0.156. The molecule has 4 N–H and O–H groups in total. The van der Waals surface area contributed by atoms with Crippen LogP contribution in [0.4, 0.5) is 0 Å². The van der Waals surface area contributed by atoms with Gasteiger partial charge >= 0.3 is 13.8 Å². The number of hydrogen-bond acceptors (Lipinski definition) is 5. The summed E-state index contributed by atoms with van der Waals surface area (Å²) < 4.78 is 20.3. The van der Waals surface area contributed by atoms with Crippen LogP contribution < -0.4 is 10.3 Å². The Morgan fingerprint density at radius 1 is 1.29 bits per heavy atom. The molecule has 0 aromatic heterocycles. The summed E-state index contributed by atoms with van der Waals surface area (Å²) in [7, 11) is -4.57. The molecule has 0 amide bonds. The van der Waals surface area contributed by atoms with Crippen molar-refractivity contribution in [2.45, 2.75) is 38.8 Å². The molecule has 1 rings (SSSR count). The molecule has 0 aliphatic carbocycles. The zero-order valence-corrected chi connectivity index (χ0v) is 13.0. The Bertz CT molecular complexity index is 531. The average Bonchev–Trinajstić information content (AvgIpc) is 2.27. The summed E-state index contributed by atoms with van der Waals surface area (Å²) in [5.41, 5.74) is 5.89. The molecule has 118 valence electrons. The Morgan fingerprint density at radius 3 is 2.24 bits per heavy atom. The summed E-state index contributed by atoms with van der Waals surface area (Å²) in [6, 6.07) is 5.15. The van der Waals surface area contributed by atoms with Gasteiger partial charge in [0.2, 0.25) is 0 Å². The van der Waals surface area contributed by atoms with Crippen molar-refractivity contribution in [1.82, 2.24) is 0 Å². The highest BCUT2D eigenvalue weighted by Gasteiger charge is 2.22. The maximum Gasteiger partial charge on any atom is 0.524 e. The van der Waals surface area contributed by atoms with Gasteiger partial charge in [-0.15, -0.1) is 0 Å².